The van der Waals surface area contributed by atoms with Crippen molar-refractivity contribution in [2.75, 3.05) is 0 Å². The van der Waals surface area contributed by atoms with Crippen LogP contribution < -0.4 is 0 Å². The lowest BCUT2D eigenvalue weighted by atomic mass is 9.87. The van der Waals surface area contributed by atoms with E-state index in [4.69, 9.17) is 4.74 Å². The van der Waals surface area contributed by atoms with Crippen molar-refractivity contribution in [1.29, 1.82) is 0 Å². The van der Waals surface area contributed by atoms with Gasteiger partial charge in [0.15, 0.2) is 0 Å². The zero-order chi connectivity index (χ0) is 10.5. The third-order valence-corrected chi connectivity index (χ3v) is 3.27. The van der Waals surface area contributed by atoms with Crippen LogP contribution in [-0.2, 0) is 4.74 Å². The quantitative estimate of drug-likeness (QED) is 0.631. The van der Waals surface area contributed by atoms with Crippen LogP contribution in [0.2, 0.25) is 0 Å². The third kappa shape index (κ3) is 1.27. The number of rotatable bonds is 1. The predicted molar refractivity (Wildman–Crippen MR) is 61.5 cm³/mol. The van der Waals surface area contributed by atoms with Crippen LogP contribution in [0.4, 0.5) is 0 Å². The average Bonchev–Trinajstić information content (AvgIpc) is 2.92. The number of hydrogen-bond acceptors (Lipinski definition) is 1. The predicted octanol–water partition coefficient (Wildman–Crippen LogP) is 3.19. The topological polar surface area (TPSA) is 12.5 Å². The Morgan fingerprint density at radius 2 is 1.93 bits per heavy atom. The summed E-state index contributed by atoms with van der Waals surface area (Å²) in [6.07, 6.45) is 4.61. The molecule has 3 rings (SSSR count). The first-order valence-corrected chi connectivity index (χ1v) is 5.34. The van der Waals surface area contributed by atoms with Crippen LogP contribution in [0.5, 0.6) is 0 Å². The number of epoxide rings is 1. The molecule has 1 aliphatic carbocycles. The number of ether oxygens (including phenoxy) is 1. The second-order valence-corrected chi connectivity index (χ2v) is 4.48. The second kappa shape index (κ2) is 2.83. The van der Waals surface area contributed by atoms with Gasteiger partial charge in [-0.15, -0.1) is 0 Å². The Morgan fingerprint density at radius 1 is 1.20 bits per heavy atom. The molecule has 1 aromatic carbocycles. The maximum absolute atomic E-state index is 5.76. The molecular formula is C14H14O. The van der Waals surface area contributed by atoms with Crippen molar-refractivity contribution >= 4 is 5.57 Å². The van der Waals surface area contributed by atoms with Gasteiger partial charge in [0.2, 0.25) is 0 Å². The molecule has 1 heterocycles. The number of allylic oxidation sites excluding steroid dienone is 2. The zero-order valence-corrected chi connectivity index (χ0v) is 9.03. The summed E-state index contributed by atoms with van der Waals surface area (Å²) in [5.74, 6) is 0. The van der Waals surface area contributed by atoms with Crippen LogP contribution in [0.15, 0.2) is 48.1 Å². The van der Waals surface area contributed by atoms with Gasteiger partial charge in [-0.2, -0.15) is 0 Å². The molecule has 1 heteroatoms. The lowest BCUT2D eigenvalue weighted by molar-refractivity contribution is 0.359. The second-order valence-electron chi connectivity index (χ2n) is 4.48. The number of benzene rings is 1. The maximum atomic E-state index is 5.76. The van der Waals surface area contributed by atoms with Gasteiger partial charge in [-0.05, 0) is 36.6 Å². The van der Waals surface area contributed by atoms with Gasteiger partial charge in [-0.3, -0.25) is 0 Å². The molecule has 2 unspecified atom stereocenters. The first-order chi connectivity index (χ1) is 7.21. The maximum Gasteiger partial charge on any atom is 0.117 e. The Labute approximate surface area is 90.1 Å². The lowest BCUT2D eigenvalue weighted by Gasteiger charge is -2.13. The van der Waals surface area contributed by atoms with Crippen molar-refractivity contribution in [2.24, 2.45) is 0 Å². The van der Waals surface area contributed by atoms with Gasteiger partial charge in [0.25, 0.3) is 0 Å². The summed E-state index contributed by atoms with van der Waals surface area (Å²) in [5.41, 5.74) is 3.92. The van der Waals surface area contributed by atoms with E-state index < -0.39 is 0 Å². The molecule has 1 aliphatic heterocycles. The summed E-state index contributed by atoms with van der Waals surface area (Å²) >= 11 is 0. The summed E-state index contributed by atoms with van der Waals surface area (Å²) in [5, 5.41) is 0. The molecule has 1 nitrogen and oxygen atoms in total. The minimum atomic E-state index is -0.0370. The Hall–Kier alpha value is -1.34. The first kappa shape index (κ1) is 8.93. The van der Waals surface area contributed by atoms with Crippen molar-refractivity contribution in [1.82, 2.24) is 0 Å². The van der Waals surface area contributed by atoms with E-state index in [1.54, 1.807) is 0 Å². The molecule has 0 N–H and O–H groups in total. The van der Waals surface area contributed by atoms with E-state index in [0.717, 1.165) is 0 Å². The Balaban J connectivity index is 2.09. The smallest absolute Gasteiger partial charge is 0.117 e. The van der Waals surface area contributed by atoms with Crippen LogP contribution in [0.25, 0.3) is 5.57 Å². The number of fused-ring (bicyclic) bond motifs is 1. The fourth-order valence-corrected chi connectivity index (χ4v) is 2.28. The minimum absolute atomic E-state index is 0.0370. The van der Waals surface area contributed by atoms with Gasteiger partial charge in [0.1, 0.15) is 11.7 Å². The molecule has 0 amide bonds. The molecule has 15 heavy (non-hydrogen) atoms. The molecule has 2 atom stereocenters. The zero-order valence-electron chi connectivity index (χ0n) is 9.03. The average molecular weight is 198 g/mol. The molecule has 2 aliphatic rings. The molecule has 1 aromatic rings. The Kier molecular flexibility index (Phi) is 1.68. The molecule has 1 saturated heterocycles. The van der Waals surface area contributed by atoms with Crippen LogP contribution in [0, 0.1) is 0 Å². The van der Waals surface area contributed by atoms with E-state index in [2.05, 4.69) is 50.3 Å². The highest BCUT2D eigenvalue weighted by molar-refractivity contribution is 5.79. The Morgan fingerprint density at radius 3 is 2.67 bits per heavy atom. The van der Waals surface area contributed by atoms with E-state index in [1.807, 2.05) is 6.07 Å². The summed E-state index contributed by atoms with van der Waals surface area (Å²) in [7, 11) is 0. The van der Waals surface area contributed by atoms with Gasteiger partial charge >= 0.3 is 0 Å². The van der Waals surface area contributed by atoms with Crippen LogP contribution in [-0.4, -0.2) is 11.7 Å². The molecule has 0 radical (unpaired) electrons. The molecule has 0 spiro atoms. The molecular weight excluding hydrogens is 184 g/mol. The van der Waals surface area contributed by atoms with Crippen molar-refractivity contribution in [2.45, 2.75) is 25.6 Å². The van der Waals surface area contributed by atoms with Crippen molar-refractivity contribution in [3.8, 4) is 0 Å². The molecule has 76 valence electrons. The SMILES string of the molecule is CC1=C(c2ccccc2)C2OC2(C)C=C1. The van der Waals surface area contributed by atoms with Crippen LogP contribution in [0.1, 0.15) is 19.4 Å². The third-order valence-electron chi connectivity index (χ3n) is 3.27. The van der Waals surface area contributed by atoms with E-state index in [1.165, 1.54) is 16.7 Å². The van der Waals surface area contributed by atoms with Crippen LogP contribution >= 0.6 is 0 Å². The highest BCUT2D eigenvalue weighted by atomic mass is 16.6. The van der Waals surface area contributed by atoms with Gasteiger partial charge in [-0.1, -0.05) is 36.4 Å². The van der Waals surface area contributed by atoms with Crippen molar-refractivity contribution in [3.63, 3.8) is 0 Å². The normalized spacial score (nSPS) is 32.8. The molecule has 0 saturated carbocycles. The van der Waals surface area contributed by atoms with Gasteiger partial charge in [0.05, 0.1) is 0 Å². The van der Waals surface area contributed by atoms with E-state index in [-0.39, 0.29) is 11.7 Å². The number of hydrogen-bond donors (Lipinski definition) is 0. The van der Waals surface area contributed by atoms with E-state index in [0.29, 0.717) is 0 Å². The first-order valence-electron chi connectivity index (χ1n) is 5.34. The van der Waals surface area contributed by atoms with E-state index in [9.17, 15) is 0 Å². The minimum Gasteiger partial charge on any atom is -0.357 e. The van der Waals surface area contributed by atoms with Crippen molar-refractivity contribution in [3.05, 3.63) is 53.6 Å². The summed E-state index contributed by atoms with van der Waals surface area (Å²) in [4.78, 5) is 0. The standard InChI is InChI=1S/C14H14O/c1-10-8-9-14(2)13(15-14)12(10)11-6-4-3-5-7-11/h3-9,13H,1-2H3. The highest BCUT2D eigenvalue weighted by Gasteiger charge is 2.54. The molecule has 0 aromatic heterocycles. The molecule has 0 bridgehead atoms. The monoisotopic (exact) mass is 198 g/mol. The fourth-order valence-electron chi connectivity index (χ4n) is 2.28. The van der Waals surface area contributed by atoms with Crippen molar-refractivity contribution < 1.29 is 4.74 Å². The largest absolute Gasteiger partial charge is 0.357 e. The highest BCUT2D eigenvalue weighted by Crippen LogP contribution is 2.49. The van der Waals surface area contributed by atoms with Gasteiger partial charge < -0.3 is 4.74 Å². The molecule has 1 fully saturated rings. The van der Waals surface area contributed by atoms with Crippen LogP contribution in [0.3, 0.4) is 0 Å². The van der Waals surface area contributed by atoms with Gasteiger partial charge in [-0.25, -0.2) is 0 Å². The summed E-state index contributed by atoms with van der Waals surface area (Å²) < 4.78 is 5.76. The fraction of sp³-hybridized carbons (Fsp3) is 0.286. The lowest BCUT2D eigenvalue weighted by Crippen LogP contribution is -2.12. The summed E-state index contributed by atoms with van der Waals surface area (Å²) in [6.45, 7) is 4.30. The van der Waals surface area contributed by atoms with Gasteiger partial charge in [0, 0.05) is 0 Å². The summed E-state index contributed by atoms with van der Waals surface area (Å²) in [6, 6.07) is 10.5. The van der Waals surface area contributed by atoms with E-state index >= 15 is 0 Å². The Bertz CT molecular complexity index is 455.